The normalized spacial score (nSPS) is 19.4. The number of carbonyl (C=O) groups excluding carboxylic acids is 3. The number of carbonyl (C=O) groups is 3. The van der Waals surface area contributed by atoms with Gasteiger partial charge in [0, 0.05) is 34.6 Å². The van der Waals surface area contributed by atoms with Crippen molar-refractivity contribution in [3.63, 3.8) is 0 Å². The van der Waals surface area contributed by atoms with Gasteiger partial charge in [0.1, 0.15) is 5.75 Å². The first-order chi connectivity index (χ1) is 15.8. The lowest BCUT2D eigenvalue weighted by Gasteiger charge is -2.33. The summed E-state index contributed by atoms with van der Waals surface area (Å²) in [6.07, 6.45) is 0.321. The van der Waals surface area contributed by atoms with Crippen LogP contribution in [0, 0.1) is 20.8 Å². The molecule has 0 unspecified atom stereocenters. The molecule has 0 bridgehead atoms. The maximum atomic E-state index is 13.5. The largest absolute Gasteiger partial charge is 0.493 e. The molecule has 3 heterocycles. The Balaban J connectivity index is 1.44. The molecule has 2 aromatic carbocycles. The average Bonchev–Trinajstić information content (AvgIpc) is 3.23. The molecule has 0 saturated carbocycles. The summed E-state index contributed by atoms with van der Waals surface area (Å²) in [5, 5.41) is 2.84. The van der Waals surface area contributed by atoms with Gasteiger partial charge in [0.25, 0.3) is 5.91 Å². The minimum atomic E-state index is -1.19. The van der Waals surface area contributed by atoms with E-state index in [9.17, 15) is 14.4 Å². The molecule has 3 amide bonds. The fourth-order valence-electron chi connectivity index (χ4n) is 4.88. The monoisotopic (exact) mass is 443 g/mol. The van der Waals surface area contributed by atoms with Crippen molar-refractivity contribution in [2.24, 2.45) is 0 Å². The van der Waals surface area contributed by atoms with Gasteiger partial charge in [-0.05, 0) is 45.0 Å². The number of benzene rings is 2. The van der Waals surface area contributed by atoms with Crippen molar-refractivity contribution in [1.82, 2.24) is 14.8 Å². The third-order valence-electron chi connectivity index (χ3n) is 6.58. The fraction of sp³-hybridized carbons (Fsp3) is 0.269. The lowest BCUT2D eigenvalue weighted by atomic mass is 9.84. The number of amides is 3. The van der Waals surface area contributed by atoms with E-state index in [1.807, 2.05) is 67.8 Å². The maximum Gasteiger partial charge on any atom is 0.325 e. The van der Waals surface area contributed by atoms with Crippen LogP contribution in [0.4, 0.5) is 4.79 Å². The van der Waals surface area contributed by atoms with E-state index in [1.165, 1.54) is 0 Å². The zero-order valence-corrected chi connectivity index (χ0v) is 18.8. The standard InChI is InChI=1S/C26H25N3O4/c1-16-8-10-19(11-9-16)29-17(2)14-20(18(29)3)22(30)15-28-24(31)26(27-25(28)32)12-13-33-23-7-5-4-6-21(23)26/h4-11,14H,12-13,15H2,1-3H3,(H,27,32)/t26-/m0/s1. The van der Waals surface area contributed by atoms with Crippen molar-refractivity contribution in [3.05, 3.63) is 82.7 Å². The third-order valence-corrected chi connectivity index (χ3v) is 6.58. The second-order valence-corrected chi connectivity index (χ2v) is 8.70. The van der Waals surface area contributed by atoms with Crippen molar-refractivity contribution < 1.29 is 19.1 Å². The minimum absolute atomic E-state index is 0.276. The molecule has 1 N–H and O–H groups in total. The second kappa shape index (κ2) is 7.62. The maximum absolute atomic E-state index is 13.5. The van der Waals surface area contributed by atoms with Crippen LogP contribution < -0.4 is 10.1 Å². The van der Waals surface area contributed by atoms with Gasteiger partial charge in [-0.2, -0.15) is 0 Å². The molecular weight excluding hydrogens is 418 g/mol. The zero-order chi connectivity index (χ0) is 23.3. The van der Waals surface area contributed by atoms with Crippen LogP contribution in [0.3, 0.4) is 0 Å². The molecule has 1 atom stereocenters. The van der Waals surface area contributed by atoms with Crippen LogP contribution in [0.5, 0.6) is 5.75 Å². The number of ether oxygens (including phenoxy) is 1. The molecule has 7 nitrogen and oxygen atoms in total. The number of hydrogen-bond acceptors (Lipinski definition) is 4. The highest BCUT2D eigenvalue weighted by molar-refractivity contribution is 6.12. The van der Waals surface area contributed by atoms with Gasteiger partial charge in [-0.1, -0.05) is 35.9 Å². The molecule has 1 fully saturated rings. The van der Waals surface area contributed by atoms with Crippen molar-refractivity contribution >= 4 is 17.7 Å². The van der Waals surface area contributed by atoms with Crippen LogP contribution in [0.2, 0.25) is 0 Å². The number of Topliss-reactive ketones (excluding diaryl/α,β-unsaturated/α-hetero) is 1. The Morgan fingerprint density at radius 1 is 1.06 bits per heavy atom. The number of nitrogens with zero attached hydrogens (tertiary/aromatic N) is 2. The summed E-state index contributed by atoms with van der Waals surface area (Å²) < 4.78 is 7.68. The van der Waals surface area contributed by atoms with Crippen LogP contribution >= 0.6 is 0 Å². The lowest BCUT2D eigenvalue weighted by molar-refractivity contribution is -0.132. The van der Waals surface area contributed by atoms with E-state index in [4.69, 9.17) is 4.74 Å². The second-order valence-electron chi connectivity index (χ2n) is 8.70. The first kappa shape index (κ1) is 21.0. The lowest BCUT2D eigenvalue weighted by Crippen LogP contribution is -2.47. The van der Waals surface area contributed by atoms with Crippen LogP contribution in [-0.2, 0) is 10.3 Å². The van der Waals surface area contributed by atoms with Crippen molar-refractivity contribution in [1.29, 1.82) is 0 Å². The number of aromatic nitrogens is 1. The van der Waals surface area contributed by atoms with E-state index >= 15 is 0 Å². The molecular formula is C26H25N3O4. The summed E-state index contributed by atoms with van der Waals surface area (Å²) in [7, 11) is 0. The van der Waals surface area contributed by atoms with Crippen molar-refractivity contribution in [2.75, 3.05) is 13.2 Å². The number of ketones is 1. The predicted octanol–water partition coefficient (Wildman–Crippen LogP) is 3.82. The highest BCUT2D eigenvalue weighted by Gasteiger charge is 2.55. The molecule has 33 heavy (non-hydrogen) atoms. The fourth-order valence-corrected chi connectivity index (χ4v) is 4.88. The summed E-state index contributed by atoms with van der Waals surface area (Å²) in [5.41, 5.74) is 3.74. The smallest absolute Gasteiger partial charge is 0.325 e. The number of aryl methyl sites for hydroxylation is 2. The summed E-state index contributed by atoms with van der Waals surface area (Å²) in [5.74, 6) is -0.112. The molecule has 1 saturated heterocycles. The number of hydrogen-bond donors (Lipinski definition) is 1. The van der Waals surface area contributed by atoms with Crippen LogP contribution in [0.1, 0.15) is 39.3 Å². The molecule has 1 spiro atoms. The van der Waals surface area contributed by atoms with E-state index in [0.29, 0.717) is 29.9 Å². The molecule has 168 valence electrons. The Morgan fingerprint density at radius 3 is 2.55 bits per heavy atom. The predicted molar refractivity (Wildman–Crippen MR) is 123 cm³/mol. The number of para-hydroxylation sites is 1. The zero-order valence-electron chi connectivity index (χ0n) is 18.8. The number of imide groups is 1. The summed E-state index contributed by atoms with van der Waals surface area (Å²) >= 11 is 0. The topological polar surface area (TPSA) is 80.6 Å². The van der Waals surface area contributed by atoms with E-state index in [-0.39, 0.29) is 12.3 Å². The van der Waals surface area contributed by atoms with Crippen LogP contribution in [0.15, 0.2) is 54.6 Å². The SMILES string of the molecule is Cc1ccc(-n2c(C)cc(C(=O)CN3C(=O)N[C@]4(CCOc5ccccc54)C3=O)c2C)cc1. The Hall–Kier alpha value is -3.87. The van der Waals surface area contributed by atoms with Gasteiger partial charge in [0.05, 0.1) is 13.2 Å². The molecule has 0 aliphatic carbocycles. The van der Waals surface area contributed by atoms with E-state index in [0.717, 1.165) is 27.5 Å². The average molecular weight is 444 g/mol. The number of fused-ring (bicyclic) bond motifs is 2. The molecule has 5 rings (SSSR count). The minimum Gasteiger partial charge on any atom is -0.493 e. The molecule has 1 aromatic heterocycles. The van der Waals surface area contributed by atoms with Crippen LogP contribution in [-0.4, -0.2) is 40.3 Å². The molecule has 0 radical (unpaired) electrons. The molecule has 3 aromatic rings. The quantitative estimate of drug-likeness (QED) is 0.491. The van der Waals surface area contributed by atoms with Gasteiger partial charge in [0.2, 0.25) is 0 Å². The Kier molecular flexibility index (Phi) is 4.85. The van der Waals surface area contributed by atoms with Gasteiger partial charge >= 0.3 is 6.03 Å². The van der Waals surface area contributed by atoms with Gasteiger partial charge in [-0.25, -0.2) is 4.79 Å². The Morgan fingerprint density at radius 2 is 1.79 bits per heavy atom. The number of nitrogens with one attached hydrogen (secondary N) is 1. The van der Waals surface area contributed by atoms with Crippen LogP contribution in [0.25, 0.3) is 5.69 Å². The van der Waals surface area contributed by atoms with Gasteiger partial charge in [-0.3, -0.25) is 14.5 Å². The third kappa shape index (κ3) is 3.23. The molecule has 2 aliphatic rings. The summed E-state index contributed by atoms with van der Waals surface area (Å²) in [6.45, 7) is 5.83. The van der Waals surface area contributed by atoms with Crippen molar-refractivity contribution in [2.45, 2.75) is 32.7 Å². The molecule has 2 aliphatic heterocycles. The van der Waals surface area contributed by atoms with Gasteiger partial charge < -0.3 is 14.6 Å². The van der Waals surface area contributed by atoms with Gasteiger partial charge in [-0.15, -0.1) is 0 Å². The first-order valence-electron chi connectivity index (χ1n) is 11.0. The Bertz CT molecular complexity index is 1290. The van der Waals surface area contributed by atoms with E-state index < -0.39 is 17.5 Å². The van der Waals surface area contributed by atoms with Crippen molar-refractivity contribution in [3.8, 4) is 11.4 Å². The van der Waals surface area contributed by atoms with E-state index in [2.05, 4.69) is 5.32 Å². The highest BCUT2D eigenvalue weighted by atomic mass is 16.5. The highest BCUT2D eigenvalue weighted by Crippen LogP contribution is 2.41. The summed E-state index contributed by atoms with van der Waals surface area (Å²) in [4.78, 5) is 40.6. The summed E-state index contributed by atoms with van der Waals surface area (Å²) in [6, 6.07) is 16.5. The first-order valence-corrected chi connectivity index (χ1v) is 11.0. The number of rotatable bonds is 4. The Labute approximate surface area is 192 Å². The van der Waals surface area contributed by atoms with Gasteiger partial charge in [0.15, 0.2) is 11.3 Å². The molecule has 7 heteroatoms. The number of urea groups is 1. The van der Waals surface area contributed by atoms with E-state index in [1.54, 1.807) is 12.1 Å².